The highest BCUT2D eigenvalue weighted by atomic mass is 79.9. The van der Waals surface area contributed by atoms with Gasteiger partial charge in [0, 0.05) is 0 Å². The van der Waals surface area contributed by atoms with E-state index < -0.39 is 0 Å². The highest BCUT2D eigenvalue weighted by molar-refractivity contribution is 9.10. The molecule has 21 heavy (non-hydrogen) atoms. The molecule has 0 aliphatic rings. The summed E-state index contributed by atoms with van der Waals surface area (Å²) in [6, 6.07) is 8.25. The predicted octanol–water partition coefficient (Wildman–Crippen LogP) is 4.84. The van der Waals surface area contributed by atoms with Crippen LogP contribution in [0.25, 0.3) is 0 Å². The van der Waals surface area contributed by atoms with E-state index in [2.05, 4.69) is 47.2 Å². The zero-order valence-corrected chi connectivity index (χ0v) is 14.4. The molecule has 3 nitrogen and oxygen atoms in total. The number of aryl methyl sites for hydroxylation is 1. The van der Waals surface area contributed by atoms with Crippen molar-refractivity contribution in [2.75, 3.05) is 13.2 Å². The van der Waals surface area contributed by atoms with Crippen LogP contribution in [0.3, 0.4) is 0 Å². The molecule has 1 unspecified atom stereocenters. The quantitative estimate of drug-likeness (QED) is 0.774. The van der Waals surface area contributed by atoms with E-state index in [-0.39, 0.29) is 6.04 Å². The van der Waals surface area contributed by atoms with Gasteiger partial charge in [-0.15, -0.1) is 0 Å². The van der Waals surface area contributed by atoms with Gasteiger partial charge in [-0.05, 0) is 72.1 Å². The first kappa shape index (κ1) is 16.1. The highest BCUT2D eigenvalue weighted by Gasteiger charge is 2.19. The summed E-state index contributed by atoms with van der Waals surface area (Å²) in [5.74, 6) is 1.84. The summed E-state index contributed by atoms with van der Waals surface area (Å²) in [5, 5.41) is 3.55. The third kappa shape index (κ3) is 3.89. The molecule has 0 saturated carbocycles. The second-order valence-electron chi connectivity index (χ2n) is 4.98. The summed E-state index contributed by atoms with van der Waals surface area (Å²) >= 11 is 3.58. The van der Waals surface area contributed by atoms with Gasteiger partial charge in [0.1, 0.15) is 11.5 Å². The molecule has 0 spiro atoms. The predicted molar refractivity (Wildman–Crippen MR) is 88.9 cm³/mol. The average molecular weight is 352 g/mol. The van der Waals surface area contributed by atoms with Crippen LogP contribution >= 0.6 is 15.9 Å². The minimum Gasteiger partial charge on any atom is -0.493 e. The molecule has 0 fully saturated rings. The Kier molecular flexibility index (Phi) is 5.88. The number of nitrogens with one attached hydrogen (secondary N) is 1. The Labute approximate surface area is 134 Å². The standard InChI is InChI=1S/C17H22BrNO2/c1-4-9-19-16(17-12(3)8-10-21-17)13-6-7-15(20-5-2)14(18)11-13/h6-8,10-11,16,19H,4-5,9H2,1-3H3. The molecule has 2 rings (SSSR count). The van der Waals surface area contributed by atoms with E-state index >= 15 is 0 Å². The van der Waals surface area contributed by atoms with Gasteiger partial charge in [-0.1, -0.05) is 13.0 Å². The zero-order valence-electron chi connectivity index (χ0n) is 12.8. The van der Waals surface area contributed by atoms with Crippen LogP contribution in [-0.2, 0) is 0 Å². The summed E-state index contributed by atoms with van der Waals surface area (Å²) in [6.45, 7) is 7.82. The Morgan fingerprint density at radius 2 is 2.10 bits per heavy atom. The first-order valence-corrected chi connectivity index (χ1v) is 8.16. The summed E-state index contributed by atoms with van der Waals surface area (Å²) < 4.78 is 12.2. The van der Waals surface area contributed by atoms with Crippen molar-refractivity contribution in [3.05, 3.63) is 51.9 Å². The first-order chi connectivity index (χ1) is 10.2. The van der Waals surface area contributed by atoms with Gasteiger partial charge in [-0.25, -0.2) is 0 Å². The molecule has 1 atom stereocenters. The molecule has 0 amide bonds. The number of rotatable bonds is 7. The maximum absolute atomic E-state index is 5.69. The van der Waals surface area contributed by atoms with Crippen LogP contribution in [0.1, 0.15) is 43.2 Å². The number of hydrogen-bond acceptors (Lipinski definition) is 3. The molecule has 1 aromatic carbocycles. The fraction of sp³-hybridized carbons (Fsp3) is 0.412. The van der Waals surface area contributed by atoms with E-state index in [0.29, 0.717) is 6.61 Å². The lowest BCUT2D eigenvalue weighted by atomic mass is 10.0. The lowest BCUT2D eigenvalue weighted by Crippen LogP contribution is -2.23. The Balaban J connectivity index is 2.33. The molecule has 1 N–H and O–H groups in total. The van der Waals surface area contributed by atoms with Crippen molar-refractivity contribution in [1.29, 1.82) is 0 Å². The van der Waals surface area contributed by atoms with Gasteiger partial charge in [-0.2, -0.15) is 0 Å². The van der Waals surface area contributed by atoms with Crippen molar-refractivity contribution in [1.82, 2.24) is 5.32 Å². The molecule has 0 radical (unpaired) electrons. The minimum atomic E-state index is 0.0620. The molecule has 1 heterocycles. The highest BCUT2D eigenvalue weighted by Crippen LogP contribution is 2.32. The van der Waals surface area contributed by atoms with E-state index in [4.69, 9.17) is 9.15 Å². The van der Waals surface area contributed by atoms with Crippen molar-refractivity contribution < 1.29 is 9.15 Å². The lowest BCUT2D eigenvalue weighted by molar-refractivity contribution is 0.338. The minimum absolute atomic E-state index is 0.0620. The second-order valence-corrected chi connectivity index (χ2v) is 5.83. The average Bonchev–Trinajstić information content (AvgIpc) is 2.89. The Hall–Kier alpha value is -1.26. The number of benzene rings is 1. The van der Waals surface area contributed by atoms with Crippen LogP contribution in [0.15, 0.2) is 39.4 Å². The van der Waals surface area contributed by atoms with Crippen LogP contribution in [0.2, 0.25) is 0 Å². The Morgan fingerprint density at radius 3 is 2.67 bits per heavy atom. The van der Waals surface area contributed by atoms with Gasteiger partial charge in [0.05, 0.1) is 23.4 Å². The van der Waals surface area contributed by atoms with Crippen LogP contribution in [0, 0.1) is 6.92 Å². The van der Waals surface area contributed by atoms with Gasteiger partial charge >= 0.3 is 0 Å². The topological polar surface area (TPSA) is 34.4 Å². The molecule has 1 aromatic heterocycles. The number of hydrogen-bond donors (Lipinski definition) is 1. The fourth-order valence-corrected chi connectivity index (χ4v) is 2.81. The maximum Gasteiger partial charge on any atom is 0.133 e. The van der Waals surface area contributed by atoms with E-state index in [1.54, 1.807) is 6.26 Å². The Morgan fingerprint density at radius 1 is 1.29 bits per heavy atom. The molecule has 0 saturated heterocycles. The zero-order chi connectivity index (χ0) is 15.2. The maximum atomic E-state index is 5.69. The molecular formula is C17H22BrNO2. The van der Waals surface area contributed by atoms with E-state index in [1.165, 1.54) is 0 Å². The SMILES string of the molecule is CCCNC(c1ccc(OCC)c(Br)c1)c1occc1C. The number of ether oxygens (including phenoxy) is 1. The van der Waals surface area contributed by atoms with Crippen molar-refractivity contribution in [2.45, 2.75) is 33.2 Å². The van der Waals surface area contributed by atoms with E-state index in [1.807, 2.05) is 19.1 Å². The first-order valence-electron chi connectivity index (χ1n) is 7.37. The van der Waals surface area contributed by atoms with Gasteiger partial charge in [0.2, 0.25) is 0 Å². The monoisotopic (exact) mass is 351 g/mol. The Bertz CT molecular complexity index is 580. The molecule has 0 aliphatic carbocycles. The summed E-state index contributed by atoms with van der Waals surface area (Å²) in [7, 11) is 0. The summed E-state index contributed by atoms with van der Waals surface area (Å²) in [5.41, 5.74) is 2.32. The van der Waals surface area contributed by atoms with Crippen molar-refractivity contribution >= 4 is 15.9 Å². The third-order valence-corrected chi connectivity index (χ3v) is 3.97. The molecule has 0 bridgehead atoms. The van der Waals surface area contributed by atoms with Gasteiger partial charge in [0.15, 0.2) is 0 Å². The van der Waals surface area contributed by atoms with Crippen LogP contribution in [0.4, 0.5) is 0 Å². The lowest BCUT2D eigenvalue weighted by Gasteiger charge is -2.19. The van der Waals surface area contributed by atoms with Gasteiger partial charge < -0.3 is 14.5 Å². The number of halogens is 1. The normalized spacial score (nSPS) is 12.4. The van der Waals surface area contributed by atoms with Crippen LogP contribution in [0.5, 0.6) is 5.75 Å². The fourth-order valence-electron chi connectivity index (χ4n) is 2.30. The van der Waals surface area contributed by atoms with Crippen LogP contribution < -0.4 is 10.1 Å². The van der Waals surface area contributed by atoms with Gasteiger partial charge in [-0.3, -0.25) is 0 Å². The smallest absolute Gasteiger partial charge is 0.133 e. The molecular weight excluding hydrogens is 330 g/mol. The molecule has 4 heteroatoms. The molecule has 2 aromatic rings. The van der Waals surface area contributed by atoms with Crippen molar-refractivity contribution in [2.24, 2.45) is 0 Å². The summed E-state index contributed by atoms with van der Waals surface area (Å²) in [4.78, 5) is 0. The van der Waals surface area contributed by atoms with Gasteiger partial charge in [0.25, 0.3) is 0 Å². The van der Waals surface area contributed by atoms with Crippen molar-refractivity contribution in [3.63, 3.8) is 0 Å². The molecule has 114 valence electrons. The van der Waals surface area contributed by atoms with Crippen molar-refractivity contribution in [3.8, 4) is 5.75 Å². The second kappa shape index (κ2) is 7.66. The van der Waals surface area contributed by atoms with Crippen LogP contribution in [-0.4, -0.2) is 13.2 Å². The number of furan rings is 1. The largest absolute Gasteiger partial charge is 0.493 e. The summed E-state index contributed by atoms with van der Waals surface area (Å²) in [6.07, 6.45) is 2.82. The van der Waals surface area contributed by atoms with E-state index in [0.717, 1.165) is 40.1 Å². The van der Waals surface area contributed by atoms with E-state index in [9.17, 15) is 0 Å². The third-order valence-electron chi connectivity index (χ3n) is 3.35. The molecule has 0 aliphatic heterocycles.